The molecule has 0 aliphatic heterocycles. The maximum atomic E-state index is 11.9. The summed E-state index contributed by atoms with van der Waals surface area (Å²) >= 11 is 0. The highest BCUT2D eigenvalue weighted by molar-refractivity contribution is 5.81. The number of hydrogen-bond acceptors (Lipinski definition) is 3. The van der Waals surface area contributed by atoms with Crippen LogP contribution in [0.15, 0.2) is 0 Å². The number of hydrogen-bond donors (Lipinski definition) is 0. The third-order valence-electron chi connectivity index (χ3n) is 2.49. The first-order chi connectivity index (χ1) is 6.95. The van der Waals surface area contributed by atoms with Crippen LogP contribution >= 0.6 is 0 Å². The van der Waals surface area contributed by atoms with Gasteiger partial charge in [-0.2, -0.15) is 5.26 Å². The van der Waals surface area contributed by atoms with Gasteiger partial charge in [0, 0.05) is 14.2 Å². The minimum atomic E-state index is -0.561. The molecule has 0 fully saturated rings. The molecule has 0 rings (SSSR count). The fourth-order valence-corrected chi connectivity index (χ4v) is 1.28. The average molecular weight is 212 g/mol. The molecule has 0 aromatic heterocycles. The van der Waals surface area contributed by atoms with Crippen LogP contribution in [0.2, 0.25) is 0 Å². The Labute approximate surface area is 91.8 Å². The van der Waals surface area contributed by atoms with Gasteiger partial charge in [0.05, 0.1) is 18.7 Å². The number of rotatable bonds is 5. The van der Waals surface area contributed by atoms with E-state index in [-0.39, 0.29) is 17.9 Å². The molecule has 86 valence electrons. The molecule has 0 aromatic rings. The standard InChI is InChI=1S/C11H20N2O2/c1-8(2)10(6-12)11(14)13(4)9(3)7-15-5/h8-10H,7H2,1-5H3. The second-order valence-corrected chi connectivity index (χ2v) is 4.10. The predicted octanol–water partition coefficient (Wildman–Crippen LogP) is 1.28. The molecule has 0 radical (unpaired) electrons. The average Bonchev–Trinajstić information content (AvgIpc) is 2.17. The van der Waals surface area contributed by atoms with E-state index in [2.05, 4.69) is 0 Å². The summed E-state index contributed by atoms with van der Waals surface area (Å²) in [4.78, 5) is 13.5. The van der Waals surface area contributed by atoms with Crippen LogP contribution in [-0.4, -0.2) is 37.6 Å². The molecular weight excluding hydrogens is 192 g/mol. The molecule has 2 atom stereocenters. The molecule has 0 heterocycles. The van der Waals surface area contributed by atoms with Gasteiger partial charge in [0.25, 0.3) is 0 Å². The number of nitriles is 1. The summed E-state index contributed by atoms with van der Waals surface area (Å²) in [5, 5.41) is 8.90. The van der Waals surface area contributed by atoms with E-state index in [1.54, 1.807) is 19.1 Å². The van der Waals surface area contributed by atoms with Gasteiger partial charge < -0.3 is 9.64 Å². The van der Waals surface area contributed by atoms with Crippen molar-refractivity contribution < 1.29 is 9.53 Å². The van der Waals surface area contributed by atoms with Crippen molar-refractivity contribution >= 4 is 5.91 Å². The first kappa shape index (κ1) is 13.9. The monoisotopic (exact) mass is 212 g/mol. The summed E-state index contributed by atoms with van der Waals surface area (Å²) in [6, 6.07) is 2.04. The SMILES string of the molecule is COCC(C)N(C)C(=O)C(C#N)C(C)C. The Balaban J connectivity index is 4.49. The number of amides is 1. The largest absolute Gasteiger partial charge is 0.383 e. The Kier molecular flexibility index (Phi) is 5.95. The van der Waals surface area contributed by atoms with Gasteiger partial charge in [0.2, 0.25) is 5.91 Å². The molecule has 0 bridgehead atoms. The van der Waals surface area contributed by atoms with Crippen molar-refractivity contribution in [3.8, 4) is 6.07 Å². The molecule has 0 N–H and O–H groups in total. The highest BCUT2D eigenvalue weighted by atomic mass is 16.5. The second kappa shape index (κ2) is 6.41. The zero-order valence-corrected chi connectivity index (χ0v) is 10.2. The van der Waals surface area contributed by atoms with Crippen molar-refractivity contribution in [2.45, 2.75) is 26.8 Å². The molecule has 0 aromatic carbocycles. The Bertz CT molecular complexity index is 245. The summed E-state index contributed by atoms with van der Waals surface area (Å²) < 4.78 is 4.97. The molecule has 1 amide bonds. The molecule has 4 heteroatoms. The number of carbonyl (C=O) groups is 1. The molecule has 2 unspecified atom stereocenters. The van der Waals surface area contributed by atoms with Gasteiger partial charge in [-0.3, -0.25) is 4.79 Å². The maximum Gasteiger partial charge on any atom is 0.240 e. The van der Waals surface area contributed by atoms with Crippen LogP contribution in [0.3, 0.4) is 0 Å². The minimum Gasteiger partial charge on any atom is -0.383 e. The summed E-state index contributed by atoms with van der Waals surface area (Å²) in [6.45, 7) is 6.13. The molecule has 0 saturated carbocycles. The fourth-order valence-electron chi connectivity index (χ4n) is 1.28. The van der Waals surface area contributed by atoms with Crippen LogP contribution in [0.1, 0.15) is 20.8 Å². The molecule has 0 aliphatic carbocycles. The molecule has 0 aliphatic rings. The van der Waals surface area contributed by atoms with E-state index in [0.29, 0.717) is 6.61 Å². The topological polar surface area (TPSA) is 53.3 Å². The maximum absolute atomic E-state index is 11.9. The van der Waals surface area contributed by atoms with Gasteiger partial charge in [-0.1, -0.05) is 13.8 Å². The first-order valence-corrected chi connectivity index (χ1v) is 5.10. The zero-order chi connectivity index (χ0) is 12.0. The fraction of sp³-hybridized carbons (Fsp3) is 0.818. The van der Waals surface area contributed by atoms with Crippen LogP contribution in [0.25, 0.3) is 0 Å². The summed E-state index contributed by atoms with van der Waals surface area (Å²) in [7, 11) is 3.30. The van der Waals surface area contributed by atoms with E-state index in [1.165, 1.54) is 0 Å². The third-order valence-corrected chi connectivity index (χ3v) is 2.49. The normalized spacial score (nSPS) is 14.5. The summed E-state index contributed by atoms with van der Waals surface area (Å²) in [6.07, 6.45) is 0. The number of carbonyl (C=O) groups excluding carboxylic acids is 1. The second-order valence-electron chi connectivity index (χ2n) is 4.10. The molecule has 0 spiro atoms. The van der Waals surface area contributed by atoms with Crippen LogP contribution < -0.4 is 0 Å². The highest BCUT2D eigenvalue weighted by Crippen LogP contribution is 2.14. The van der Waals surface area contributed by atoms with E-state index in [9.17, 15) is 4.79 Å². The summed E-state index contributed by atoms with van der Waals surface area (Å²) in [5.41, 5.74) is 0. The lowest BCUT2D eigenvalue weighted by Gasteiger charge is -2.27. The Morgan fingerprint density at radius 2 is 2.00 bits per heavy atom. The molecule has 15 heavy (non-hydrogen) atoms. The van der Waals surface area contributed by atoms with Crippen molar-refractivity contribution in [3.63, 3.8) is 0 Å². The van der Waals surface area contributed by atoms with Gasteiger partial charge in [-0.15, -0.1) is 0 Å². The van der Waals surface area contributed by atoms with Gasteiger partial charge >= 0.3 is 0 Å². The smallest absolute Gasteiger partial charge is 0.240 e. The van der Waals surface area contributed by atoms with Gasteiger partial charge in [-0.25, -0.2) is 0 Å². The van der Waals surface area contributed by atoms with E-state index < -0.39 is 5.92 Å². The molecule has 0 saturated heterocycles. The van der Waals surface area contributed by atoms with Gasteiger partial charge in [-0.05, 0) is 12.8 Å². The van der Waals surface area contributed by atoms with Gasteiger partial charge in [0.15, 0.2) is 0 Å². The van der Waals surface area contributed by atoms with Crippen LogP contribution in [-0.2, 0) is 9.53 Å². The Morgan fingerprint density at radius 3 is 2.33 bits per heavy atom. The predicted molar refractivity (Wildman–Crippen MR) is 58.0 cm³/mol. The van der Waals surface area contributed by atoms with E-state index in [1.807, 2.05) is 26.8 Å². The lowest BCUT2D eigenvalue weighted by atomic mass is 9.96. The number of nitrogens with zero attached hydrogens (tertiary/aromatic N) is 2. The van der Waals surface area contributed by atoms with E-state index >= 15 is 0 Å². The third kappa shape index (κ3) is 3.88. The quantitative estimate of drug-likeness (QED) is 0.689. The highest BCUT2D eigenvalue weighted by Gasteiger charge is 2.27. The lowest BCUT2D eigenvalue weighted by Crippen LogP contribution is -2.42. The molecule has 4 nitrogen and oxygen atoms in total. The van der Waals surface area contributed by atoms with Crippen molar-refractivity contribution in [3.05, 3.63) is 0 Å². The van der Waals surface area contributed by atoms with Gasteiger partial charge in [0.1, 0.15) is 5.92 Å². The van der Waals surface area contributed by atoms with Crippen LogP contribution in [0.4, 0.5) is 0 Å². The zero-order valence-electron chi connectivity index (χ0n) is 10.2. The first-order valence-electron chi connectivity index (χ1n) is 5.10. The molecular formula is C11H20N2O2. The van der Waals surface area contributed by atoms with Crippen molar-refractivity contribution in [2.75, 3.05) is 20.8 Å². The van der Waals surface area contributed by atoms with Crippen molar-refractivity contribution in [1.82, 2.24) is 4.90 Å². The lowest BCUT2D eigenvalue weighted by molar-refractivity contribution is -0.136. The van der Waals surface area contributed by atoms with E-state index in [0.717, 1.165) is 0 Å². The van der Waals surface area contributed by atoms with Crippen LogP contribution in [0.5, 0.6) is 0 Å². The summed E-state index contributed by atoms with van der Waals surface area (Å²) in [5.74, 6) is -0.647. The minimum absolute atomic E-state index is 0.00269. The number of likely N-dealkylation sites (N-methyl/N-ethyl adjacent to an activating group) is 1. The number of ether oxygens (including phenoxy) is 1. The van der Waals surface area contributed by atoms with Crippen molar-refractivity contribution in [2.24, 2.45) is 11.8 Å². The Hall–Kier alpha value is -1.08. The van der Waals surface area contributed by atoms with Crippen molar-refractivity contribution in [1.29, 1.82) is 5.26 Å². The van der Waals surface area contributed by atoms with E-state index in [4.69, 9.17) is 10.00 Å². The number of methoxy groups -OCH3 is 1. The van der Waals surface area contributed by atoms with Crippen LogP contribution in [0, 0.1) is 23.2 Å². The Morgan fingerprint density at radius 1 is 1.47 bits per heavy atom.